The fraction of sp³-hybridized carbons (Fsp3) is 0.462. The maximum Gasteiger partial charge on any atom is 0.415 e. The second kappa shape index (κ2) is 7.11. The van der Waals surface area contributed by atoms with Gasteiger partial charge in [0.15, 0.2) is 6.10 Å². The second-order valence-corrected chi connectivity index (χ2v) is 5.11. The molecule has 1 amide bonds. The highest BCUT2D eigenvalue weighted by atomic mass is 35.5. The largest absolute Gasteiger partial charge is 0.415 e. The molecule has 0 heterocycles. The zero-order valence-corrected chi connectivity index (χ0v) is 12.2. The van der Waals surface area contributed by atoms with Crippen molar-refractivity contribution < 1.29 is 23.1 Å². The van der Waals surface area contributed by atoms with E-state index in [1.165, 1.54) is 20.0 Å². The van der Waals surface area contributed by atoms with E-state index in [4.69, 9.17) is 16.7 Å². The van der Waals surface area contributed by atoms with Crippen molar-refractivity contribution in [3.05, 3.63) is 29.3 Å². The van der Waals surface area contributed by atoms with Gasteiger partial charge < -0.3 is 10.4 Å². The van der Waals surface area contributed by atoms with Crippen molar-refractivity contribution in [2.24, 2.45) is 0 Å². The smallest absolute Gasteiger partial charge is 0.382 e. The number of nitrogens with zero attached hydrogens (tertiary/aromatic N) is 1. The number of aliphatic hydroxyl groups excluding tert-OH is 1. The quantitative estimate of drug-likeness (QED) is 0.875. The van der Waals surface area contributed by atoms with Crippen molar-refractivity contribution in [1.29, 1.82) is 0 Å². The van der Waals surface area contributed by atoms with E-state index in [0.29, 0.717) is 10.7 Å². The monoisotopic (exact) mass is 324 g/mol. The van der Waals surface area contributed by atoms with E-state index in [1.54, 1.807) is 18.2 Å². The summed E-state index contributed by atoms with van der Waals surface area (Å²) in [6.07, 6.45) is -7.21. The maximum atomic E-state index is 12.3. The molecular weight excluding hydrogens is 309 g/mol. The fourth-order valence-electron chi connectivity index (χ4n) is 1.55. The summed E-state index contributed by atoms with van der Waals surface area (Å²) in [5.74, 6) is -0.492. The predicted octanol–water partition coefficient (Wildman–Crippen LogP) is 2.52. The van der Waals surface area contributed by atoms with Gasteiger partial charge in [-0.15, -0.1) is 0 Å². The van der Waals surface area contributed by atoms with E-state index in [-0.39, 0.29) is 0 Å². The van der Waals surface area contributed by atoms with E-state index in [2.05, 4.69) is 5.32 Å². The summed E-state index contributed by atoms with van der Waals surface area (Å²) in [6, 6.07) is 5.56. The lowest BCUT2D eigenvalue weighted by Crippen LogP contribution is -2.46. The molecule has 0 spiro atoms. The van der Waals surface area contributed by atoms with Crippen LogP contribution in [0.25, 0.3) is 0 Å². The second-order valence-electron chi connectivity index (χ2n) is 4.67. The van der Waals surface area contributed by atoms with Gasteiger partial charge in [0.05, 0.1) is 6.04 Å². The Balaban J connectivity index is 2.61. The van der Waals surface area contributed by atoms with E-state index < -0.39 is 30.8 Å². The van der Waals surface area contributed by atoms with Crippen LogP contribution in [0, 0.1) is 0 Å². The minimum Gasteiger partial charge on any atom is -0.382 e. The highest BCUT2D eigenvalue weighted by Crippen LogP contribution is 2.21. The van der Waals surface area contributed by atoms with Gasteiger partial charge in [-0.2, -0.15) is 13.2 Å². The van der Waals surface area contributed by atoms with Gasteiger partial charge in [-0.1, -0.05) is 17.7 Å². The van der Waals surface area contributed by atoms with Gasteiger partial charge in [0.1, 0.15) is 0 Å². The molecule has 8 heteroatoms. The number of rotatable bonds is 5. The van der Waals surface area contributed by atoms with E-state index in [0.717, 1.165) is 4.90 Å². The number of amides is 1. The van der Waals surface area contributed by atoms with Gasteiger partial charge in [-0.25, -0.2) is 0 Å². The number of alkyl halides is 3. The number of nitrogens with one attached hydrogen (secondary N) is 1. The highest BCUT2D eigenvalue weighted by molar-refractivity contribution is 6.30. The molecule has 0 saturated carbocycles. The Hall–Kier alpha value is -1.31. The molecule has 2 atom stereocenters. The Morgan fingerprint density at radius 1 is 1.48 bits per heavy atom. The van der Waals surface area contributed by atoms with Crippen LogP contribution in [0.3, 0.4) is 0 Å². The number of benzene rings is 1. The number of hydrogen-bond donors (Lipinski definition) is 2. The summed E-state index contributed by atoms with van der Waals surface area (Å²) in [5, 5.41) is 12.0. The molecule has 2 unspecified atom stereocenters. The van der Waals surface area contributed by atoms with Crippen molar-refractivity contribution in [3.8, 4) is 0 Å². The molecule has 1 aromatic carbocycles. The first-order valence-electron chi connectivity index (χ1n) is 6.12. The third kappa shape index (κ3) is 5.53. The minimum absolute atomic E-state index is 0.432. The first-order valence-corrected chi connectivity index (χ1v) is 6.50. The van der Waals surface area contributed by atoms with Gasteiger partial charge >= 0.3 is 6.18 Å². The summed E-state index contributed by atoms with van der Waals surface area (Å²) in [4.78, 5) is 13.1. The van der Waals surface area contributed by atoms with Crippen molar-refractivity contribution in [1.82, 2.24) is 4.90 Å². The van der Waals surface area contributed by atoms with Crippen LogP contribution >= 0.6 is 11.6 Å². The third-order valence-electron chi connectivity index (χ3n) is 2.97. The maximum absolute atomic E-state index is 12.3. The van der Waals surface area contributed by atoms with Crippen LogP contribution in [0.4, 0.5) is 18.9 Å². The predicted molar refractivity (Wildman–Crippen MR) is 74.2 cm³/mol. The lowest BCUT2D eigenvalue weighted by Gasteiger charge is -2.27. The molecule has 1 aromatic rings. The molecule has 0 aliphatic rings. The third-order valence-corrected chi connectivity index (χ3v) is 3.21. The van der Waals surface area contributed by atoms with Crippen LogP contribution in [0.15, 0.2) is 24.3 Å². The van der Waals surface area contributed by atoms with Crippen molar-refractivity contribution in [3.63, 3.8) is 0 Å². The molecule has 2 N–H and O–H groups in total. The summed E-state index contributed by atoms with van der Waals surface area (Å²) < 4.78 is 36.8. The molecular formula is C13H16ClF3N2O2. The number of halogens is 4. The van der Waals surface area contributed by atoms with Crippen LogP contribution in [-0.2, 0) is 4.79 Å². The Morgan fingerprint density at radius 3 is 2.62 bits per heavy atom. The topological polar surface area (TPSA) is 52.6 Å². The summed E-state index contributed by atoms with van der Waals surface area (Å²) >= 11 is 5.77. The van der Waals surface area contributed by atoms with E-state index in [1.807, 2.05) is 0 Å². The Labute approximate surface area is 125 Å². The van der Waals surface area contributed by atoms with E-state index in [9.17, 15) is 18.0 Å². The molecule has 0 saturated heterocycles. The molecule has 0 fully saturated rings. The van der Waals surface area contributed by atoms with Crippen molar-refractivity contribution in [2.75, 3.05) is 18.9 Å². The van der Waals surface area contributed by atoms with Gasteiger partial charge in [0.2, 0.25) is 5.91 Å². The Bertz CT molecular complexity index is 497. The highest BCUT2D eigenvalue weighted by Gasteiger charge is 2.39. The number of likely N-dealkylation sites (N-methyl/N-ethyl adjacent to an activating group) is 1. The van der Waals surface area contributed by atoms with Crippen LogP contribution in [0.5, 0.6) is 0 Å². The molecule has 0 radical (unpaired) electrons. The average molecular weight is 325 g/mol. The molecule has 1 rings (SSSR count). The van der Waals surface area contributed by atoms with Crippen LogP contribution in [0.2, 0.25) is 5.02 Å². The average Bonchev–Trinajstić information content (AvgIpc) is 2.36. The van der Waals surface area contributed by atoms with Crippen LogP contribution in [0.1, 0.15) is 6.92 Å². The van der Waals surface area contributed by atoms with Crippen molar-refractivity contribution >= 4 is 23.2 Å². The number of carbonyl (C=O) groups is 1. The molecule has 0 aliphatic heterocycles. The van der Waals surface area contributed by atoms with Crippen molar-refractivity contribution in [2.45, 2.75) is 25.2 Å². The lowest BCUT2D eigenvalue weighted by molar-refractivity contribution is -0.208. The standard InChI is InChI=1S/C13H16ClF3N2O2/c1-8(19(2)7-11(20)13(15,16)17)12(21)18-10-5-3-4-9(14)6-10/h3-6,8,11,20H,7H2,1-2H3,(H,18,21). The number of carbonyl (C=O) groups excluding carboxylic acids is 1. The number of hydrogen-bond acceptors (Lipinski definition) is 3. The molecule has 118 valence electrons. The molecule has 21 heavy (non-hydrogen) atoms. The summed E-state index contributed by atoms with van der Waals surface area (Å²) in [6.45, 7) is 0.761. The SMILES string of the molecule is CC(C(=O)Nc1cccc(Cl)c1)N(C)CC(O)C(F)(F)F. The van der Waals surface area contributed by atoms with Crippen LogP contribution in [-0.4, -0.2) is 47.8 Å². The Morgan fingerprint density at radius 2 is 2.10 bits per heavy atom. The number of aliphatic hydroxyl groups is 1. The van der Waals surface area contributed by atoms with E-state index >= 15 is 0 Å². The van der Waals surface area contributed by atoms with Gasteiger partial charge in [-0.3, -0.25) is 9.69 Å². The molecule has 4 nitrogen and oxygen atoms in total. The molecule has 0 aliphatic carbocycles. The van der Waals surface area contributed by atoms with Gasteiger partial charge in [-0.05, 0) is 32.2 Å². The number of anilines is 1. The summed E-state index contributed by atoms with van der Waals surface area (Å²) in [5.41, 5.74) is 0.448. The van der Waals surface area contributed by atoms with Gasteiger partial charge in [0, 0.05) is 17.3 Å². The summed E-state index contributed by atoms with van der Waals surface area (Å²) in [7, 11) is 1.33. The zero-order chi connectivity index (χ0) is 16.2. The molecule has 0 aromatic heterocycles. The zero-order valence-electron chi connectivity index (χ0n) is 11.5. The Kier molecular flexibility index (Phi) is 6.00. The normalized spacial score (nSPS) is 14.9. The lowest BCUT2D eigenvalue weighted by atomic mass is 10.2. The first-order chi connectivity index (χ1) is 9.61. The van der Waals surface area contributed by atoms with Crippen LogP contribution < -0.4 is 5.32 Å². The van der Waals surface area contributed by atoms with Gasteiger partial charge in [0.25, 0.3) is 0 Å². The minimum atomic E-state index is -4.71. The first kappa shape index (κ1) is 17.7. The fourth-order valence-corrected chi connectivity index (χ4v) is 1.74. The molecule has 0 bridgehead atoms.